The first-order chi connectivity index (χ1) is 15.8. The number of hydrogen-bond donors (Lipinski definition) is 0. The van der Waals surface area contributed by atoms with Crippen molar-refractivity contribution in [2.75, 3.05) is 13.7 Å². The van der Waals surface area contributed by atoms with Crippen molar-refractivity contribution < 1.29 is 23.1 Å². The van der Waals surface area contributed by atoms with E-state index in [1.54, 1.807) is 36.3 Å². The van der Waals surface area contributed by atoms with Crippen LogP contribution >= 0.6 is 11.6 Å². The molecule has 8 heteroatoms. The Morgan fingerprint density at radius 3 is 2.38 bits per heavy atom. The van der Waals surface area contributed by atoms with Gasteiger partial charge in [-0.2, -0.15) is 0 Å². The monoisotopic (exact) mass is 507 g/mol. The van der Waals surface area contributed by atoms with Crippen LogP contribution in [-0.2, 0) is 15.8 Å². The van der Waals surface area contributed by atoms with E-state index in [2.05, 4.69) is 33.9 Å². The van der Waals surface area contributed by atoms with Crippen molar-refractivity contribution in [3.63, 3.8) is 0 Å². The summed E-state index contributed by atoms with van der Waals surface area (Å²) in [6.45, 7) is 13.4. The van der Waals surface area contributed by atoms with Crippen molar-refractivity contribution in [1.82, 2.24) is 4.90 Å². The molecule has 0 bridgehead atoms. The number of amides is 1. The molecule has 3 rings (SSSR count). The van der Waals surface area contributed by atoms with Gasteiger partial charge >= 0.3 is 0 Å². The van der Waals surface area contributed by atoms with E-state index in [9.17, 15) is 9.18 Å². The van der Waals surface area contributed by atoms with Crippen LogP contribution in [0, 0.1) is 5.82 Å². The smallest absolute Gasteiger partial charge is 0.251 e. The van der Waals surface area contributed by atoms with Crippen molar-refractivity contribution >= 4 is 25.8 Å². The Bertz CT molecular complexity index is 1020. The third kappa shape index (κ3) is 5.75. The number of hydrogen-bond acceptors (Lipinski definition) is 4. The zero-order chi connectivity index (χ0) is 25.3. The van der Waals surface area contributed by atoms with Crippen molar-refractivity contribution in [2.24, 2.45) is 0 Å². The molecule has 0 radical (unpaired) electrons. The van der Waals surface area contributed by atoms with Crippen LogP contribution in [0.3, 0.4) is 0 Å². The van der Waals surface area contributed by atoms with E-state index in [0.717, 1.165) is 5.75 Å². The summed E-state index contributed by atoms with van der Waals surface area (Å²) in [5.41, 5.74) is 1.30. The van der Waals surface area contributed by atoms with Gasteiger partial charge in [0, 0.05) is 12.1 Å². The summed E-state index contributed by atoms with van der Waals surface area (Å²) in [6, 6.07) is 9.55. The van der Waals surface area contributed by atoms with Crippen molar-refractivity contribution in [3.8, 4) is 11.5 Å². The highest BCUT2D eigenvalue weighted by Gasteiger charge is 2.44. The van der Waals surface area contributed by atoms with E-state index in [-0.39, 0.29) is 28.6 Å². The highest BCUT2D eigenvalue weighted by molar-refractivity contribution is 6.74. The second-order valence-corrected chi connectivity index (χ2v) is 15.4. The summed E-state index contributed by atoms with van der Waals surface area (Å²) in [5.74, 6) is 0.865. The molecule has 0 N–H and O–H groups in total. The molecule has 1 saturated heterocycles. The number of nitrogens with zero attached hydrogens (tertiary/aromatic N) is 1. The van der Waals surface area contributed by atoms with E-state index in [0.29, 0.717) is 29.8 Å². The molecule has 186 valence electrons. The molecule has 0 aromatic heterocycles. The van der Waals surface area contributed by atoms with Gasteiger partial charge in [-0.15, -0.1) is 0 Å². The van der Waals surface area contributed by atoms with Gasteiger partial charge in [-0.3, -0.25) is 4.79 Å². The molecule has 2 aromatic carbocycles. The van der Waals surface area contributed by atoms with E-state index in [1.165, 1.54) is 12.1 Å². The van der Waals surface area contributed by atoms with Crippen molar-refractivity contribution in [3.05, 3.63) is 58.4 Å². The molecule has 1 fully saturated rings. The summed E-state index contributed by atoms with van der Waals surface area (Å²) in [5, 5.41) is 0.282. The average Bonchev–Trinajstić information content (AvgIpc) is 3.11. The first-order valence-corrected chi connectivity index (χ1v) is 14.9. The maximum atomic E-state index is 14.4. The standard InChI is InChI=1S/C26H35ClFNO4Si/c1-17(29-13-12-24(25(29)30)33-34(6,7)26(2,3)4)21-14-18(28)15-23(27)22(21)16-32-20-10-8-19(31-5)9-11-20/h8-11,14-15,17,24H,12-13,16H2,1-7H3/t17-,24-/m0/s1. The third-order valence-corrected chi connectivity index (χ3v) is 11.8. The minimum Gasteiger partial charge on any atom is -0.497 e. The number of likely N-dealkylation sites (tertiary alicyclic amines) is 1. The predicted octanol–water partition coefficient (Wildman–Crippen LogP) is 6.75. The number of ether oxygens (including phenoxy) is 2. The second-order valence-electron chi connectivity index (χ2n) is 10.3. The van der Waals surface area contributed by atoms with Crippen LogP contribution in [0.2, 0.25) is 23.2 Å². The van der Waals surface area contributed by atoms with Crippen LogP contribution < -0.4 is 9.47 Å². The lowest BCUT2D eigenvalue weighted by Gasteiger charge is -2.38. The van der Waals surface area contributed by atoms with Gasteiger partial charge in [0.25, 0.3) is 5.91 Å². The fourth-order valence-corrected chi connectivity index (χ4v) is 5.40. The minimum absolute atomic E-state index is 0.00830. The number of halogens is 2. The normalized spacial score (nSPS) is 17.7. The van der Waals surface area contributed by atoms with Crippen LogP contribution in [0.25, 0.3) is 0 Å². The minimum atomic E-state index is -2.10. The highest BCUT2D eigenvalue weighted by atomic mass is 35.5. The molecule has 0 unspecified atom stereocenters. The number of benzene rings is 2. The summed E-state index contributed by atoms with van der Waals surface area (Å²) < 4.78 is 31.9. The Hall–Kier alpha value is -2.09. The summed E-state index contributed by atoms with van der Waals surface area (Å²) in [7, 11) is -0.498. The zero-order valence-corrected chi connectivity index (χ0v) is 22.8. The van der Waals surface area contributed by atoms with E-state index < -0.39 is 20.2 Å². The van der Waals surface area contributed by atoms with Crippen molar-refractivity contribution in [2.45, 2.75) is 71.0 Å². The van der Waals surface area contributed by atoms with Gasteiger partial charge in [-0.25, -0.2) is 4.39 Å². The Morgan fingerprint density at radius 1 is 1.18 bits per heavy atom. The molecule has 0 spiro atoms. The molecule has 1 heterocycles. The maximum Gasteiger partial charge on any atom is 0.251 e. The largest absolute Gasteiger partial charge is 0.497 e. The lowest BCUT2D eigenvalue weighted by Crippen LogP contribution is -2.46. The van der Waals surface area contributed by atoms with E-state index >= 15 is 0 Å². The molecule has 2 aromatic rings. The number of carbonyl (C=O) groups is 1. The SMILES string of the molecule is COc1ccc(OCc2c(Cl)cc(F)cc2[C@H](C)N2CC[C@H](O[Si](C)(C)C(C)(C)C)C2=O)cc1. The molecule has 1 aliphatic heterocycles. The van der Waals surface area contributed by atoms with E-state index in [1.807, 2.05) is 6.92 Å². The highest BCUT2D eigenvalue weighted by Crippen LogP contribution is 2.40. The Morgan fingerprint density at radius 2 is 1.79 bits per heavy atom. The fourth-order valence-electron chi connectivity index (χ4n) is 3.84. The van der Waals surface area contributed by atoms with Gasteiger partial charge in [0.05, 0.1) is 18.2 Å². The third-order valence-electron chi connectivity index (χ3n) is 6.99. The number of methoxy groups -OCH3 is 1. The first kappa shape index (κ1) is 26.5. The molecular formula is C26H35ClFNO4Si. The fraction of sp³-hybridized carbons (Fsp3) is 0.500. The van der Waals surface area contributed by atoms with Gasteiger partial charge in [0.2, 0.25) is 0 Å². The Balaban J connectivity index is 1.80. The summed E-state index contributed by atoms with van der Waals surface area (Å²) in [6.07, 6.45) is 0.155. The second kappa shape index (κ2) is 10.3. The van der Waals surface area contributed by atoms with Gasteiger partial charge in [0.15, 0.2) is 8.32 Å². The van der Waals surface area contributed by atoms with Crippen LogP contribution in [0.15, 0.2) is 36.4 Å². The quantitative estimate of drug-likeness (QED) is 0.371. The van der Waals surface area contributed by atoms with Crippen LogP contribution in [0.1, 0.15) is 51.3 Å². The Labute approximate surface area is 208 Å². The lowest BCUT2D eigenvalue weighted by atomic mass is 10.0. The van der Waals surface area contributed by atoms with Gasteiger partial charge < -0.3 is 18.8 Å². The predicted molar refractivity (Wildman–Crippen MR) is 136 cm³/mol. The number of carbonyl (C=O) groups excluding carboxylic acids is 1. The summed E-state index contributed by atoms with van der Waals surface area (Å²) in [4.78, 5) is 15.1. The van der Waals surface area contributed by atoms with Gasteiger partial charge in [-0.05, 0) is 73.4 Å². The number of rotatable bonds is 8. The molecule has 34 heavy (non-hydrogen) atoms. The molecule has 5 nitrogen and oxygen atoms in total. The molecule has 1 aliphatic rings. The summed E-state index contributed by atoms with van der Waals surface area (Å²) >= 11 is 6.44. The molecule has 0 aliphatic carbocycles. The average molecular weight is 508 g/mol. The van der Waals surface area contributed by atoms with Crippen LogP contribution in [0.4, 0.5) is 4.39 Å². The van der Waals surface area contributed by atoms with Crippen LogP contribution in [-0.4, -0.2) is 38.9 Å². The lowest BCUT2D eigenvalue weighted by molar-refractivity contribution is -0.135. The first-order valence-electron chi connectivity index (χ1n) is 11.6. The topological polar surface area (TPSA) is 48.0 Å². The van der Waals surface area contributed by atoms with Gasteiger partial charge in [-0.1, -0.05) is 32.4 Å². The van der Waals surface area contributed by atoms with Crippen molar-refractivity contribution in [1.29, 1.82) is 0 Å². The van der Waals surface area contributed by atoms with E-state index in [4.69, 9.17) is 25.5 Å². The molecular weight excluding hydrogens is 473 g/mol. The molecule has 2 atom stereocenters. The zero-order valence-electron chi connectivity index (χ0n) is 21.1. The van der Waals surface area contributed by atoms with Gasteiger partial charge in [0.1, 0.15) is 30.0 Å². The molecule has 0 saturated carbocycles. The Kier molecular flexibility index (Phi) is 8.00. The molecule has 1 amide bonds. The van der Waals surface area contributed by atoms with Crippen LogP contribution in [0.5, 0.6) is 11.5 Å². The maximum absolute atomic E-state index is 14.4.